The van der Waals surface area contributed by atoms with Gasteiger partial charge < -0.3 is 5.32 Å². The first-order valence-electron chi connectivity index (χ1n) is 7.59. The van der Waals surface area contributed by atoms with Crippen molar-refractivity contribution in [3.63, 3.8) is 0 Å². The lowest BCUT2D eigenvalue weighted by molar-refractivity contribution is -0.114. The average molecular weight is 325 g/mol. The number of rotatable bonds is 5. The summed E-state index contributed by atoms with van der Waals surface area (Å²) < 4.78 is 28.7. The second kappa shape index (κ2) is 7.71. The first-order valence-corrected chi connectivity index (χ1v) is 9.03. The van der Waals surface area contributed by atoms with Crippen molar-refractivity contribution in [2.24, 2.45) is 0 Å². The number of carbonyl (C=O) groups is 1. The molecular weight excluding hydrogens is 302 g/mol. The van der Waals surface area contributed by atoms with E-state index in [0.717, 1.165) is 31.2 Å². The fraction of sp³-hybridized carbons (Fsp3) is 0.533. The van der Waals surface area contributed by atoms with Crippen molar-refractivity contribution >= 4 is 21.8 Å². The number of anilines is 1. The van der Waals surface area contributed by atoms with Crippen LogP contribution in [0.3, 0.4) is 0 Å². The van der Waals surface area contributed by atoms with Gasteiger partial charge in [0.05, 0.1) is 0 Å². The van der Waals surface area contributed by atoms with Gasteiger partial charge in [-0.1, -0.05) is 25.0 Å². The van der Waals surface area contributed by atoms with Gasteiger partial charge in [0.15, 0.2) is 0 Å². The topological polar surface area (TPSA) is 78.5 Å². The number of hydrogen-bond donors (Lipinski definition) is 2. The molecule has 2 N–H and O–H groups in total. The average Bonchev–Trinajstić information content (AvgIpc) is 2.76. The fourth-order valence-electron chi connectivity index (χ4n) is 2.46. The van der Waals surface area contributed by atoms with Gasteiger partial charge in [-0.2, -0.15) is 17.4 Å². The Balaban J connectivity index is 1.92. The smallest absolute Gasteiger partial charge is 0.279 e. The molecule has 1 aromatic carbocycles. The summed E-state index contributed by atoms with van der Waals surface area (Å²) in [5.41, 5.74) is 1.55. The lowest BCUT2D eigenvalue weighted by Crippen LogP contribution is -2.40. The van der Waals surface area contributed by atoms with Crippen LogP contribution in [0.2, 0.25) is 0 Å². The normalized spacial score (nSPS) is 17.0. The van der Waals surface area contributed by atoms with E-state index in [2.05, 4.69) is 10.0 Å². The van der Waals surface area contributed by atoms with Crippen LogP contribution in [0, 0.1) is 0 Å². The molecule has 0 bridgehead atoms. The van der Waals surface area contributed by atoms with Crippen LogP contribution >= 0.6 is 0 Å². The number of benzene rings is 1. The molecule has 1 aromatic rings. The zero-order chi connectivity index (χ0) is 16.0. The summed E-state index contributed by atoms with van der Waals surface area (Å²) in [7, 11) is -3.42. The summed E-state index contributed by atoms with van der Waals surface area (Å²) in [4.78, 5) is 11.0. The third-order valence-corrected chi connectivity index (χ3v) is 5.19. The zero-order valence-corrected chi connectivity index (χ0v) is 13.7. The van der Waals surface area contributed by atoms with Crippen molar-refractivity contribution in [3.05, 3.63) is 29.8 Å². The van der Waals surface area contributed by atoms with Gasteiger partial charge in [0, 0.05) is 32.2 Å². The van der Waals surface area contributed by atoms with Crippen molar-refractivity contribution in [2.45, 2.75) is 39.2 Å². The first kappa shape index (κ1) is 16.9. The molecule has 1 aliphatic rings. The van der Waals surface area contributed by atoms with Gasteiger partial charge in [0.2, 0.25) is 5.91 Å². The van der Waals surface area contributed by atoms with E-state index in [0.29, 0.717) is 18.8 Å². The molecule has 1 saturated heterocycles. The van der Waals surface area contributed by atoms with E-state index in [-0.39, 0.29) is 12.5 Å². The van der Waals surface area contributed by atoms with Gasteiger partial charge in [-0.05, 0) is 30.5 Å². The number of amides is 1. The van der Waals surface area contributed by atoms with E-state index >= 15 is 0 Å². The SMILES string of the molecule is CC(=O)Nc1ccc(CNS(=O)(=O)N2CCCCCC2)cc1. The van der Waals surface area contributed by atoms with Gasteiger partial charge >= 0.3 is 0 Å². The van der Waals surface area contributed by atoms with Crippen LogP contribution < -0.4 is 10.0 Å². The highest BCUT2D eigenvalue weighted by atomic mass is 32.2. The minimum Gasteiger partial charge on any atom is -0.326 e. The standard InChI is InChI=1S/C15H23N3O3S/c1-13(19)17-15-8-6-14(7-9-15)12-16-22(20,21)18-10-4-2-3-5-11-18/h6-9,16H,2-5,10-12H2,1H3,(H,17,19). The minimum atomic E-state index is -3.42. The van der Waals surface area contributed by atoms with E-state index < -0.39 is 10.2 Å². The molecule has 0 unspecified atom stereocenters. The molecule has 2 rings (SSSR count). The summed E-state index contributed by atoms with van der Waals surface area (Å²) >= 11 is 0. The quantitative estimate of drug-likeness (QED) is 0.867. The van der Waals surface area contributed by atoms with Crippen LogP contribution in [-0.2, 0) is 21.5 Å². The molecule has 0 aliphatic carbocycles. The maximum absolute atomic E-state index is 12.3. The Hall–Kier alpha value is -1.44. The molecule has 6 nitrogen and oxygen atoms in total. The fourth-order valence-corrected chi connectivity index (χ4v) is 3.73. The van der Waals surface area contributed by atoms with Crippen LogP contribution in [0.1, 0.15) is 38.2 Å². The summed E-state index contributed by atoms with van der Waals surface area (Å²) in [6, 6.07) is 7.13. The number of carbonyl (C=O) groups excluding carboxylic acids is 1. The van der Waals surface area contributed by atoms with Gasteiger partial charge in [0.25, 0.3) is 10.2 Å². The molecule has 0 aromatic heterocycles. The Morgan fingerprint density at radius 1 is 1.09 bits per heavy atom. The Kier molecular flexibility index (Phi) is 5.93. The third-order valence-electron chi connectivity index (χ3n) is 3.64. The minimum absolute atomic E-state index is 0.130. The summed E-state index contributed by atoms with van der Waals surface area (Å²) in [6.07, 6.45) is 4.03. The lowest BCUT2D eigenvalue weighted by atomic mass is 10.2. The highest BCUT2D eigenvalue weighted by Gasteiger charge is 2.22. The van der Waals surface area contributed by atoms with Crippen LogP contribution in [0.4, 0.5) is 5.69 Å². The highest BCUT2D eigenvalue weighted by molar-refractivity contribution is 7.87. The monoisotopic (exact) mass is 325 g/mol. The van der Waals surface area contributed by atoms with E-state index in [9.17, 15) is 13.2 Å². The van der Waals surface area contributed by atoms with Crippen molar-refractivity contribution in [3.8, 4) is 0 Å². The molecule has 1 amide bonds. The van der Waals surface area contributed by atoms with Crippen molar-refractivity contribution in [1.82, 2.24) is 9.03 Å². The second-order valence-corrected chi connectivity index (χ2v) is 7.27. The van der Waals surface area contributed by atoms with E-state index in [1.807, 2.05) is 0 Å². The summed E-state index contributed by atoms with van der Waals surface area (Å²) in [5, 5.41) is 2.68. The van der Waals surface area contributed by atoms with Crippen LogP contribution in [0.5, 0.6) is 0 Å². The molecular formula is C15H23N3O3S. The molecule has 22 heavy (non-hydrogen) atoms. The van der Waals surface area contributed by atoms with Gasteiger partial charge in [0.1, 0.15) is 0 Å². The molecule has 0 radical (unpaired) electrons. The number of hydrogen-bond acceptors (Lipinski definition) is 3. The summed E-state index contributed by atoms with van der Waals surface area (Å²) in [5.74, 6) is -0.130. The molecule has 1 heterocycles. The Morgan fingerprint density at radius 2 is 1.68 bits per heavy atom. The Bertz CT molecular complexity index is 591. The molecule has 1 aliphatic heterocycles. The van der Waals surface area contributed by atoms with Crippen molar-refractivity contribution < 1.29 is 13.2 Å². The zero-order valence-electron chi connectivity index (χ0n) is 12.8. The van der Waals surface area contributed by atoms with Crippen LogP contribution in [-0.4, -0.2) is 31.7 Å². The lowest BCUT2D eigenvalue weighted by Gasteiger charge is -2.20. The number of nitrogens with zero attached hydrogens (tertiary/aromatic N) is 1. The van der Waals surface area contributed by atoms with Crippen molar-refractivity contribution in [1.29, 1.82) is 0 Å². The largest absolute Gasteiger partial charge is 0.326 e. The molecule has 122 valence electrons. The van der Waals surface area contributed by atoms with Gasteiger partial charge in [-0.3, -0.25) is 4.79 Å². The highest BCUT2D eigenvalue weighted by Crippen LogP contribution is 2.13. The van der Waals surface area contributed by atoms with E-state index in [4.69, 9.17) is 0 Å². The molecule has 7 heteroatoms. The summed E-state index contributed by atoms with van der Waals surface area (Å²) in [6.45, 7) is 2.88. The molecule has 1 fully saturated rings. The second-order valence-electron chi connectivity index (χ2n) is 5.52. The van der Waals surface area contributed by atoms with E-state index in [1.54, 1.807) is 24.3 Å². The Labute approximate surface area is 132 Å². The van der Waals surface area contributed by atoms with Crippen molar-refractivity contribution in [2.75, 3.05) is 18.4 Å². The third kappa shape index (κ3) is 5.08. The first-order chi connectivity index (χ1) is 10.5. The molecule has 0 saturated carbocycles. The predicted molar refractivity (Wildman–Crippen MR) is 86.5 cm³/mol. The maximum Gasteiger partial charge on any atom is 0.279 e. The maximum atomic E-state index is 12.3. The van der Waals surface area contributed by atoms with Crippen LogP contribution in [0.25, 0.3) is 0 Å². The predicted octanol–water partition coefficient (Wildman–Crippen LogP) is 1.86. The Morgan fingerprint density at radius 3 is 2.23 bits per heavy atom. The van der Waals surface area contributed by atoms with Crippen LogP contribution in [0.15, 0.2) is 24.3 Å². The molecule has 0 spiro atoms. The molecule has 0 atom stereocenters. The number of nitrogens with one attached hydrogen (secondary N) is 2. The van der Waals surface area contributed by atoms with Gasteiger partial charge in [-0.15, -0.1) is 0 Å². The van der Waals surface area contributed by atoms with Gasteiger partial charge in [-0.25, -0.2) is 0 Å². The van der Waals surface area contributed by atoms with E-state index in [1.165, 1.54) is 11.2 Å².